The number of nitrogens with one attached hydrogen (secondary N) is 2. The average molecular weight is 328 g/mol. The second kappa shape index (κ2) is 7.45. The zero-order valence-corrected chi connectivity index (χ0v) is 13.3. The molecule has 0 heterocycles. The maximum absolute atomic E-state index is 13.5. The van der Waals surface area contributed by atoms with Gasteiger partial charge in [-0.2, -0.15) is 0 Å². The summed E-state index contributed by atoms with van der Waals surface area (Å²) < 4.78 is 13.5. The van der Waals surface area contributed by atoms with E-state index >= 15 is 0 Å². The fourth-order valence-corrected chi connectivity index (χ4v) is 2.91. The molecule has 3 unspecified atom stereocenters. The Balaban J connectivity index is 1.39. The highest BCUT2D eigenvalue weighted by Gasteiger charge is 2.37. The van der Waals surface area contributed by atoms with Gasteiger partial charge in [-0.25, -0.2) is 9.18 Å². The topological polar surface area (TPSA) is 61.4 Å². The number of aliphatic hydroxyl groups is 1. The quantitative estimate of drug-likeness (QED) is 0.763. The molecular formula is C19H21FN2O2. The van der Waals surface area contributed by atoms with Crippen LogP contribution in [0.25, 0.3) is 0 Å². The molecule has 126 valence electrons. The van der Waals surface area contributed by atoms with Crippen molar-refractivity contribution in [2.45, 2.75) is 18.4 Å². The first-order chi connectivity index (χ1) is 11.6. The van der Waals surface area contributed by atoms with Crippen molar-refractivity contribution < 1.29 is 14.3 Å². The summed E-state index contributed by atoms with van der Waals surface area (Å²) in [6, 6.07) is 15.9. The Kier molecular flexibility index (Phi) is 5.11. The van der Waals surface area contributed by atoms with Crippen LogP contribution in [0.5, 0.6) is 0 Å². The third kappa shape index (κ3) is 4.11. The first kappa shape index (κ1) is 16.5. The molecule has 3 N–H and O–H groups in total. The summed E-state index contributed by atoms with van der Waals surface area (Å²) in [7, 11) is 0. The summed E-state index contributed by atoms with van der Waals surface area (Å²) >= 11 is 0. The predicted molar refractivity (Wildman–Crippen MR) is 90.1 cm³/mol. The number of urea groups is 1. The third-order valence-electron chi connectivity index (χ3n) is 4.40. The number of carbonyl (C=O) groups excluding carboxylic acids is 1. The molecular weight excluding hydrogens is 307 g/mol. The Morgan fingerprint density at radius 2 is 1.83 bits per heavy atom. The number of hydrogen-bond acceptors (Lipinski definition) is 2. The van der Waals surface area contributed by atoms with Crippen LogP contribution in [0.3, 0.4) is 0 Å². The molecule has 2 aromatic rings. The summed E-state index contributed by atoms with van der Waals surface area (Å²) in [5.74, 6) is 0.487. The van der Waals surface area contributed by atoms with E-state index in [-0.39, 0.29) is 18.1 Å². The summed E-state index contributed by atoms with van der Waals surface area (Å²) in [5, 5.41) is 15.3. The Bertz CT molecular complexity index is 693. The Morgan fingerprint density at radius 3 is 2.58 bits per heavy atom. The second-order valence-corrected chi connectivity index (χ2v) is 6.14. The van der Waals surface area contributed by atoms with Gasteiger partial charge in [0.1, 0.15) is 5.82 Å². The van der Waals surface area contributed by atoms with E-state index < -0.39 is 11.9 Å². The van der Waals surface area contributed by atoms with Crippen molar-refractivity contribution in [2.75, 3.05) is 13.1 Å². The monoisotopic (exact) mass is 328 g/mol. The van der Waals surface area contributed by atoms with Gasteiger partial charge in [0.05, 0.1) is 6.10 Å². The molecule has 3 rings (SSSR count). The molecule has 1 saturated carbocycles. The normalized spacial score (nSPS) is 20.2. The van der Waals surface area contributed by atoms with E-state index in [9.17, 15) is 14.3 Å². The largest absolute Gasteiger partial charge is 0.386 e. The molecule has 24 heavy (non-hydrogen) atoms. The van der Waals surface area contributed by atoms with Crippen LogP contribution in [0.2, 0.25) is 0 Å². The Labute approximate surface area is 140 Å². The molecule has 0 bridgehead atoms. The molecule has 2 amide bonds. The van der Waals surface area contributed by atoms with Crippen LogP contribution in [-0.4, -0.2) is 24.2 Å². The van der Waals surface area contributed by atoms with E-state index in [0.717, 1.165) is 6.42 Å². The van der Waals surface area contributed by atoms with Crippen LogP contribution in [-0.2, 0) is 0 Å². The van der Waals surface area contributed by atoms with Crippen molar-refractivity contribution in [3.63, 3.8) is 0 Å². The van der Waals surface area contributed by atoms with Gasteiger partial charge in [0.15, 0.2) is 0 Å². The maximum Gasteiger partial charge on any atom is 0.314 e. The molecule has 0 spiro atoms. The van der Waals surface area contributed by atoms with Gasteiger partial charge in [0, 0.05) is 18.7 Å². The van der Waals surface area contributed by atoms with Crippen LogP contribution < -0.4 is 10.6 Å². The molecule has 0 radical (unpaired) electrons. The second-order valence-electron chi connectivity index (χ2n) is 6.14. The van der Waals surface area contributed by atoms with Crippen molar-refractivity contribution in [1.82, 2.24) is 10.6 Å². The van der Waals surface area contributed by atoms with Gasteiger partial charge in [0.25, 0.3) is 0 Å². The number of carbonyl (C=O) groups is 1. The van der Waals surface area contributed by atoms with Crippen molar-refractivity contribution in [3.8, 4) is 0 Å². The summed E-state index contributed by atoms with van der Waals surface area (Å²) in [6.45, 7) is 0.570. The lowest BCUT2D eigenvalue weighted by Crippen LogP contribution is -2.38. The van der Waals surface area contributed by atoms with E-state index in [1.54, 1.807) is 12.1 Å². The molecule has 1 fully saturated rings. The molecule has 1 aliphatic carbocycles. The van der Waals surface area contributed by atoms with Gasteiger partial charge < -0.3 is 15.7 Å². The van der Waals surface area contributed by atoms with Crippen LogP contribution in [0.15, 0.2) is 54.6 Å². The minimum atomic E-state index is -1.06. The zero-order valence-electron chi connectivity index (χ0n) is 13.3. The lowest BCUT2D eigenvalue weighted by atomic mass is 10.1. The van der Waals surface area contributed by atoms with Gasteiger partial charge in [-0.1, -0.05) is 48.5 Å². The zero-order chi connectivity index (χ0) is 16.9. The summed E-state index contributed by atoms with van der Waals surface area (Å²) in [4.78, 5) is 11.8. The van der Waals surface area contributed by atoms with Crippen molar-refractivity contribution >= 4 is 6.03 Å². The van der Waals surface area contributed by atoms with Crippen molar-refractivity contribution in [3.05, 3.63) is 71.5 Å². The molecule has 0 aliphatic heterocycles. The van der Waals surface area contributed by atoms with Gasteiger partial charge >= 0.3 is 6.03 Å². The van der Waals surface area contributed by atoms with Gasteiger partial charge in [0.2, 0.25) is 0 Å². The molecule has 0 saturated heterocycles. The fourth-order valence-electron chi connectivity index (χ4n) is 2.91. The molecule has 4 nitrogen and oxygen atoms in total. The first-order valence-electron chi connectivity index (χ1n) is 8.14. The Hall–Kier alpha value is -2.40. The number of halogens is 1. The van der Waals surface area contributed by atoms with E-state index in [1.807, 2.05) is 18.2 Å². The number of benzene rings is 2. The van der Waals surface area contributed by atoms with E-state index in [4.69, 9.17) is 0 Å². The fraction of sp³-hybridized carbons (Fsp3) is 0.316. The number of amides is 2. The SMILES string of the molecule is O=C(NCC(O)c1ccccc1F)NCC1CC1c1ccccc1. The summed E-state index contributed by atoms with van der Waals surface area (Å²) in [5.41, 5.74) is 1.49. The molecule has 5 heteroatoms. The first-order valence-corrected chi connectivity index (χ1v) is 8.14. The maximum atomic E-state index is 13.5. The molecule has 1 aliphatic rings. The van der Waals surface area contributed by atoms with Crippen LogP contribution >= 0.6 is 0 Å². The highest BCUT2D eigenvalue weighted by Crippen LogP contribution is 2.46. The summed E-state index contributed by atoms with van der Waals surface area (Å²) in [6.07, 6.45) is 0.0113. The van der Waals surface area contributed by atoms with E-state index in [2.05, 4.69) is 22.8 Å². The lowest BCUT2D eigenvalue weighted by molar-refractivity contribution is 0.169. The van der Waals surface area contributed by atoms with Crippen LogP contribution in [0.1, 0.15) is 29.6 Å². The number of hydrogen-bond donors (Lipinski definition) is 3. The van der Waals surface area contributed by atoms with E-state index in [1.165, 1.54) is 17.7 Å². The minimum Gasteiger partial charge on any atom is -0.386 e. The smallest absolute Gasteiger partial charge is 0.314 e. The van der Waals surface area contributed by atoms with Crippen molar-refractivity contribution in [2.24, 2.45) is 5.92 Å². The standard InChI is InChI=1S/C19H21FN2O2/c20-17-9-5-4-8-15(17)18(23)12-22-19(24)21-11-14-10-16(14)13-6-2-1-3-7-13/h1-9,14,16,18,23H,10-12H2,(H2,21,22,24). The van der Waals surface area contributed by atoms with E-state index in [0.29, 0.717) is 18.4 Å². The lowest BCUT2D eigenvalue weighted by Gasteiger charge is -2.13. The van der Waals surface area contributed by atoms with Crippen molar-refractivity contribution in [1.29, 1.82) is 0 Å². The molecule has 3 atom stereocenters. The van der Waals surface area contributed by atoms with Gasteiger partial charge in [-0.05, 0) is 29.9 Å². The highest BCUT2D eigenvalue weighted by molar-refractivity contribution is 5.73. The highest BCUT2D eigenvalue weighted by atomic mass is 19.1. The predicted octanol–water partition coefficient (Wildman–Crippen LogP) is 2.96. The van der Waals surface area contributed by atoms with Gasteiger partial charge in [-0.3, -0.25) is 0 Å². The number of rotatable bonds is 6. The van der Waals surface area contributed by atoms with Gasteiger partial charge in [-0.15, -0.1) is 0 Å². The molecule has 2 aromatic carbocycles. The third-order valence-corrected chi connectivity index (χ3v) is 4.40. The average Bonchev–Trinajstić information content (AvgIpc) is 3.39. The minimum absolute atomic E-state index is 0.0282. The molecule has 0 aromatic heterocycles. The Morgan fingerprint density at radius 1 is 1.12 bits per heavy atom. The van der Waals surface area contributed by atoms with Crippen LogP contribution in [0.4, 0.5) is 9.18 Å². The van der Waals surface area contributed by atoms with Crippen LogP contribution in [0, 0.1) is 11.7 Å². The number of aliphatic hydroxyl groups excluding tert-OH is 1.